The lowest BCUT2D eigenvalue weighted by molar-refractivity contribution is 0.104. The lowest BCUT2D eigenvalue weighted by Crippen LogP contribution is -2.04. The van der Waals surface area contributed by atoms with Crippen LogP contribution in [0.4, 0.5) is 0 Å². The molecule has 0 bridgehead atoms. The fourth-order valence-corrected chi connectivity index (χ4v) is 3.57. The first-order chi connectivity index (χ1) is 14.7. The van der Waals surface area contributed by atoms with Gasteiger partial charge in [0.05, 0.1) is 16.0 Å². The summed E-state index contributed by atoms with van der Waals surface area (Å²) >= 11 is 6.45. The number of ether oxygens (including phenoxy) is 1. The molecule has 3 aromatic heterocycles. The van der Waals surface area contributed by atoms with E-state index in [1.807, 2.05) is 59.4 Å². The van der Waals surface area contributed by atoms with Crippen LogP contribution >= 0.6 is 11.6 Å². The first kappa shape index (κ1) is 18.1. The van der Waals surface area contributed by atoms with Crippen LogP contribution in [0, 0.1) is 0 Å². The van der Waals surface area contributed by atoms with Gasteiger partial charge in [-0.15, -0.1) is 0 Å². The van der Waals surface area contributed by atoms with Crippen LogP contribution in [0.1, 0.15) is 15.9 Å². The lowest BCUT2D eigenvalue weighted by Gasteiger charge is -2.09. The van der Waals surface area contributed by atoms with Gasteiger partial charge in [-0.2, -0.15) is 0 Å². The summed E-state index contributed by atoms with van der Waals surface area (Å²) in [6, 6.07) is 18.2. The van der Waals surface area contributed by atoms with Crippen LogP contribution in [0.25, 0.3) is 16.9 Å². The quantitative estimate of drug-likeness (QED) is 0.389. The molecule has 0 saturated carbocycles. The largest absolute Gasteiger partial charge is 0.457 e. The summed E-state index contributed by atoms with van der Waals surface area (Å²) in [5, 5.41) is 0.946. The second kappa shape index (κ2) is 7.50. The maximum absolute atomic E-state index is 13.3. The summed E-state index contributed by atoms with van der Waals surface area (Å²) in [5.41, 5.74) is 1.41. The molecule has 0 fully saturated rings. The number of carbonyl (C=O) groups is 1. The number of fused-ring (bicyclic) bond motifs is 1. The highest BCUT2D eigenvalue weighted by molar-refractivity contribution is 6.35. The van der Waals surface area contributed by atoms with Gasteiger partial charge < -0.3 is 14.3 Å². The molecule has 5 aromatic rings. The van der Waals surface area contributed by atoms with Crippen molar-refractivity contribution in [2.45, 2.75) is 0 Å². The third-order valence-electron chi connectivity index (χ3n) is 4.71. The van der Waals surface area contributed by atoms with Crippen molar-refractivity contribution in [1.29, 1.82) is 0 Å². The third kappa shape index (κ3) is 3.23. The molecular weight excluding hydrogens is 400 g/mol. The molecule has 0 unspecified atom stereocenters. The SMILES string of the molecule is O=C(c1ccc(Oc2ccccc2)cc1Cl)c1c[nH]c2ncnc(-n3cccc3)c12. The Labute approximate surface area is 176 Å². The average molecular weight is 415 g/mol. The van der Waals surface area contributed by atoms with Crippen molar-refractivity contribution in [2.24, 2.45) is 0 Å². The van der Waals surface area contributed by atoms with Crippen molar-refractivity contribution in [2.75, 3.05) is 0 Å². The molecule has 0 aliphatic carbocycles. The zero-order valence-corrected chi connectivity index (χ0v) is 16.4. The Morgan fingerprint density at radius 1 is 0.933 bits per heavy atom. The summed E-state index contributed by atoms with van der Waals surface area (Å²) < 4.78 is 7.64. The van der Waals surface area contributed by atoms with Crippen molar-refractivity contribution in [1.82, 2.24) is 19.5 Å². The van der Waals surface area contributed by atoms with E-state index in [9.17, 15) is 4.79 Å². The van der Waals surface area contributed by atoms with Gasteiger partial charge in [0.25, 0.3) is 0 Å². The van der Waals surface area contributed by atoms with Crippen molar-refractivity contribution in [3.05, 3.63) is 102 Å². The standard InChI is InChI=1S/C23H15ClN4O2/c24-19-12-16(30-15-6-2-1-3-7-15)8-9-17(19)21(29)18-13-25-22-20(18)23(27-14-26-22)28-10-4-5-11-28/h1-14H,(H,25,26,27). The molecule has 0 aliphatic rings. The van der Waals surface area contributed by atoms with Gasteiger partial charge in [0.2, 0.25) is 0 Å². The maximum Gasteiger partial charge on any atom is 0.196 e. The van der Waals surface area contributed by atoms with Crippen LogP contribution in [0.15, 0.2) is 85.6 Å². The number of carbonyl (C=O) groups excluding carboxylic acids is 1. The molecule has 7 heteroatoms. The Kier molecular flexibility index (Phi) is 4.53. The summed E-state index contributed by atoms with van der Waals surface area (Å²) in [4.78, 5) is 25.0. The summed E-state index contributed by atoms with van der Waals surface area (Å²) in [6.45, 7) is 0. The summed E-state index contributed by atoms with van der Waals surface area (Å²) in [7, 11) is 0. The van der Waals surface area contributed by atoms with E-state index < -0.39 is 0 Å². The van der Waals surface area contributed by atoms with Gasteiger partial charge in [0, 0.05) is 30.2 Å². The number of rotatable bonds is 5. The molecule has 5 rings (SSSR count). The second-order valence-corrected chi connectivity index (χ2v) is 7.01. The summed E-state index contributed by atoms with van der Waals surface area (Å²) in [5.74, 6) is 1.64. The normalized spacial score (nSPS) is 11.0. The predicted molar refractivity (Wildman–Crippen MR) is 115 cm³/mol. The minimum absolute atomic E-state index is 0.222. The van der Waals surface area contributed by atoms with Crippen LogP contribution in [0.5, 0.6) is 11.5 Å². The van der Waals surface area contributed by atoms with Crippen LogP contribution in [0.3, 0.4) is 0 Å². The highest BCUT2D eigenvalue weighted by Crippen LogP contribution is 2.30. The van der Waals surface area contributed by atoms with E-state index in [1.54, 1.807) is 24.4 Å². The topological polar surface area (TPSA) is 72.8 Å². The van der Waals surface area contributed by atoms with Crippen molar-refractivity contribution >= 4 is 28.4 Å². The smallest absolute Gasteiger partial charge is 0.196 e. The first-order valence-corrected chi connectivity index (χ1v) is 9.61. The van der Waals surface area contributed by atoms with Crippen LogP contribution in [0.2, 0.25) is 5.02 Å². The molecule has 0 amide bonds. The number of benzene rings is 2. The Bertz CT molecular complexity index is 1340. The lowest BCUT2D eigenvalue weighted by atomic mass is 10.0. The van der Waals surface area contributed by atoms with E-state index in [2.05, 4.69) is 15.0 Å². The zero-order chi connectivity index (χ0) is 20.5. The van der Waals surface area contributed by atoms with Crippen molar-refractivity contribution in [3.8, 4) is 17.3 Å². The van der Waals surface area contributed by atoms with E-state index >= 15 is 0 Å². The van der Waals surface area contributed by atoms with Gasteiger partial charge in [-0.1, -0.05) is 29.8 Å². The van der Waals surface area contributed by atoms with Gasteiger partial charge in [-0.25, -0.2) is 9.97 Å². The monoisotopic (exact) mass is 414 g/mol. The highest BCUT2D eigenvalue weighted by atomic mass is 35.5. The molecule has 1 N–H and O–H groups in total. The van der Waals surface area contributed by atoms with E-state index in [1.165, 1.54) is 6.33 Å². The first-order valence-electron chi connectivity index (χ1n) is 9.23. The number of aromatic amines is 1. The van der Waals surface area contributed by atoms with Crippen LogP contribution in [-0.2, 0) is 0 Å². The second-order valence-electron chi connectivity index (χ2n) is 6.60. The molecule has 0 atom stereocenters. The van der Waals surface area contributed by atoms with E-state index in [-0.39, 0.29) is 5.78 Å². The number of hydrogen-bond donors (Lipinski definition) is 1. The number of aromatic nitrogens is 4. The number of nitrogens with zero attached hydrogens (tertiary/aromatic N) is 3. The Balaban J connectivity index is 1.53. The number of nitrogens with one attached hydrogen (secondary N) is 1. The summed E-state index contributed by atoms with van der Waals surface area (Å²) in [6.07, 6.45) is 6.84. The number of ketones is 1. The van der Waals surface area contributed by atoms with E-state index in [0.29, 0.717) is 44.5 Å². The average Bonchev–Trinajstić information content (AvgIpc) is 3.44. The maximum atomic E-state index is 13.3. The molecular formula is C23H15ClN4O2. The fraction of sp³-hybridized carbons (Fsp3) is 0. The Morgan fingerprint density at radius 2 is 1.73 bits per heavy atom. The van der Waals surface area contributed by atoms with E-state index in [4.69, 9.17) is 16.3 Å². The fourth-order valence-electron chi connectivity index (χ4n) is 3.31. The molecule has 6 nitrogen and oxygen atoms in total. The number of para-hydroxylation sites is 1. The number of halogens is 1. The van der Waals surface area contributed by atoms with Crippen molar-refractivity contribution < 1.29 is 9.53 Å². The minimum Gasteiger partial charge on any atom is -0.457 e. The molecule has 30 heavy (non-hydrogen) atoms. The molecule has 0 spiro atoms. The number of hydrogen-bond acceptors (Lipinski definition) is 4. The molecule has 0 saturated heterocycles. The van der Waals surface area contributed by atoms with Gasteiger partial charge in [0.1, 0.15) is 29.3 Å². The Hall–Kier alpha value is -3.90. The van der Waals surface area contributed by atoms with Crippen LogP contribution in [-0.4, -0.2) is 25.3 Å². The zero-order valence-electron chi connectivity index (χ0n) is 15.6. The molecule has 0 aliphatic heterocycles. The Morgan fingerprint density at radius 3 is 2.50 bits per heavy atom. The van der Waals surface area contributed by atoms with Gasteiger partial charge in [0.15, 0.2) is 5.78 Å². The predicted octanol–water partition coefficient (Wildman–Crippen LogP) is 5.43. The van der Waals surface area contributed by atoms with Gasteiger partial charge in [-0.3, -0.25) is 4.79 Å². The number of H-pyrrole nitrogens is 1. The molecule has 3 heterocycles. The molecule has 0 radical (unpaired) electrons. The van der Waals surface area contributed by atoms with E-state index in [0.717, 1.165) is 0 Å². The van der Waals surface area contributed by atoms with Gasteiger partial charge in [-0.05, 0) is 36.4 Å². The van der Waals surface area contributed by atoms with Crippen LogP contribution < -0.4 is 4.74 Å². The molecule has 146 valence electrons. The third-order valence-corrected chi connectivity index (χ3v) is 5.02. The highest BCUT2D eigenvalue weighted by Gasteiger charge is 2.21. The minimum atomic E-state index is -0.222. The molecule has 2 aromatic carbocycles. The van der Waals surface area contributed by atoms with Crippen molar-refractivity contribution in [3.63, 3.8) is 0 Å². The van der Waals surface area contributed by atoms with Gasteiger partial charge >= 0.3 is 0 Å².